The summed E-state index contributed by atoms with van der Waals surface area (Å²) in [5.74, 6) is 2.15. The third-order valence-corrected chi connectivity index (χ3v) is 6.47. The van der Waals surface area contributed by atoms with Crippen molar-refractivity contribution in [2.45, 2.75) is 51.9 Å². The highest BCUT2D eigenvalue weighted by atomic mass is 16.3. The van der Waals surface area contributed by atoms with Crippen LogP contribution in [0.4, 0.5) is 5.69 Å². The lowest BCUT2D eigenvalue weighted by Crippen LogP contribution is -2.29. The highest BCUT2D eigenvalue weighted by molar-refractivity contribution is 5.51. The molecule has 2 aromatic rings. The van der Waals surface area contributed by atoms with Gasteiger partial charge in [0, 0.05) is 24.7 Å². The van der Waals surface area contributed by atoms with Crippen LogP contribution in [0.3, 0.4) is 0 Å². The maximum atomic E-state index is 9.90. The van der Waals surface area contributed by atoms with Gasteiger partial charge in [-0.1, -0.05) is 32.0 Å². The van der Waals surface area contributed by atoms with Gasteiger partial charge in [0.15, 0.2) is 0 Å². The van der Waals surface area contributed by atoms with Gasteiger partial charge in [0.2, 0.25) is 0 Å². The van der Waals surface area contributed by atoms with Gasteiger partial charge in [-0.15, -0.1) is 0 Å². The molecule has 0 unspecified atom stereocenters. The topological polar surface area (TPSA) is 23.5 Å². The summed E-state index contributed by atoms with van der Waals surface area (Å²) in [5.41, 5.74) is 5.54. The number of fused-ring (bicyclic) bond motifs is 1. The molecule has 0 amide bonds. The van der Waals surface area contributed by atoms with Gasteiger partial charge in [0.1, 0.15) is 5.75 Å². The minimum Gasteiger partial charge on any atom is -0.508 e. The van der Waals surface area contributed by atoms with Crippen LogP contribution >= 0.6 is 0 Å². The molecule has 2 heteroatoms. The maximum absolute atomic E-state index is 9.90. The Morgan fingerprint density at radius 2 is 1.69 bits per heavy atom. The number of hydrogen-bond donors (Lipinski definition) is 1. The number of aromatic hydroxyl groups is 1. The SMILES string of the molecule is CC(C)[C@H]1CCc2cc(O)ccc2[C@H]1c1ccc(N2CCCCC2)cc1. The number of benzene rings is 2. The Morgan fingerprint density at radius 1 is 0.962 bits per heavy atom. The number of anilines is 1. The van der Waals surface area contributed by atoms with Gasteiger partial charge in [0.25, 0.3) is 0 Å². The zero-order chi connectivity index (χ0) is 18.1. The largest absolute Gasteiger partial charge is 0.508 e. The fraction of sp³-hybridized carbons (Fsp3) is 0.500. The first-order valence-corrected chi connectivity index (χ1v) is 10.3. The second-order valence-electron chi connectivity index (χ2n) is 8.45. The molecular formula is C24H31NO. The molecule has 1 saturated heterocycles. The van der Waals surface area contributed by atoms with E-state index in [0.717, 1.165) is 6.42 Å². The monoisotopic (exact) mass is 349 g/mol. The second-order valence-corrected chi connectivity index (χ2v) is 8.45. The van der Waals surface area contributed by atoms with Gasteiger partial charge in [-0.3, -0.25) is 0 Å². The first-order chi connectivity index (χ1) is 12.6. The van der Waals surface area contributed by atoms with Crippen molar-refractivity contribution in [1.82, 2.24) is 0 Å². The van der Waals surface area contributed by atoms with Gasteiger partial charge in [-0.25, -0.2) is 0 Å². The molecule has 1 N–H and O–H groups in total. The van der Waals surface area contributed by atoms with Crippen molar-refractivity contribution in [2.75, 3.05) is 18.0 Å². The Kier molecular flexibility index (Phi) is 4.93. The molecule has 0 saturated carbocycles. The molecule has 4 rings (SSSR count). The maximum Gasteiger partial charge on any atom is 0.115 e. The highest BCUT2D eigenvalue weighted by Crippen LogP contribution is 2.45. The summed E-state index contributed by atoms with van der Waals surface area (Å²) < 4.78 is 0. The van der Waals surface area contributed by atoms with Crippen LogP contribution in [0, 0.1) is 11.8 Å². The van der Waals surface area contributed by atoms with Crippen molar-refractivity contribution in [1.29, 1.82) is 0 Å². The second kappa shape index (κ2) is 7.34. The molecule has 2 atom stereocenters. The van der Waals surface area contributed by atoms with E-state index in [2.05, 4.69) is 49.1 Å². The fourth-order valence-electron chi connectivity index (χ4n) is 5.02. The average Bonchev–Trinajstić information content (AvgIpc) is 2.67. The van der Waals surface area contributed by atoms with Gasteiger partial charge < -0.3 is 10.0 Å². The molecule has 26 heavy (non-hydrogen) atoms. The molecule has 0 radical (unpaired) electrons. The van der Waals surface area contributed by atoms with Gasteiger partial charge in [-0.2, -0.15) is 0 Å². The number of phenols is 1. The van der Waals surface area contributed by atoms with Crippen molar-refractivity contribution in [3.05, 3.63) is 59.2 Å². The Hall–Kier alpha value is -1.96. The van der Waals surface area contributed by atoms with Crippen LogP contribution in [0.2, 0.25) is 0 Å². The van der Waals surface area contributed by atoms with Gasteiger partial charge >= 0.3 is 0 Å². The molecule has 0 aromatic heterocycles. The third-order valence-electron chi connectivity index (χ3n) is 6.47. The van der Waals surface area contributed by atoms with Crippen molar-refractivity contribution in [2.24, 2.45) is 11.8 Å². The quantitative estimate of drug-likeness (QED) is 0.764. The standard InChI is InChI=1S/C24H31NO/c1-17(2)22-12-8-19-16-21(26)11-13-23(19)24(22)18-6-9-20(10-7-18)25-14-4-3-5-15-25/h6-7,9-11,13,16-17,22,24,26H,3-5,8,12,14-15H2,1-2H3/t22-,24+/m1/s1. The van der Waals surface area contributed by atoms with E-state index in [1.807, 2.05) is 12.1 Å². The van der Waals surface area contributed by atoms with E-state index in [-0.39, 0.29) is 0 Å². The van der Waals surface area contributed by atoms with Crippen LogP contribution < -0.4 is 4.90 Å². The van der Waals surface area contributed by atoms with E-state index in [9.17, 15) is 5.11 Å². The molecule has 0 spiro atoms. The van der Waals surface area contributed by atoms with E-state index < -0.39 is 0 Å². The Morgan fingerprint density at radius 3 is 2.38 bits per heavy atom. The molecule has 0 bridgehead atoms. The predicted octanol–water partition coefficient (Wildman–Crippen LogP) is 5.73. The number of hydrogen-bond acceptors (Lipinski definition) is 2. The normalized spacial score (nSPS) is 23.1. The van der Waals surface area contributed by atoms with Crippen LogP contribution in [-0.2, 0) is 6.42 Å². The summed E-state index contributed by atoms with van der Waals surface area (Å²) >= 11 is 0. The van der Waals surface area contributed by atoms with Crippen molar-refractivity contribution in [3.8, 4) is 5.75 Å². The van der Waals surface area contributed by atoms with Crippen molar-refractivity contribution in [3.63, 3.8) is 0 Å². The first kappa shape index (κ1) is 17.5. The number of piperidine rings is 1. The molecule has 1 aliphatic heterocycles. The molecule has 2 nitrogen and oxygen atoms in total. The predicted molar refractivity (Wildman–Crippen MR) is 109 cm³/mol. The highest BCUT2D eigenvalue weighted by Gasteiger charge is 2.32. The Balaban J connectivity index is 1.67. The molecule has 138 valence electrons. The molecule has 2 aliphatic rings. The number of rotatable bonds is 3. The summed E-state index contributed by atoms with van der Waals surface area (Å²) in [6.07, 6.45) is 6.28. The van der Waals surface area contributed by atoms with Crippen LogP contribution in [0.15, 0.2) is 42.5 Å². The molecule has 1 heterocycles. The lowest BCUT2D eigenvalue weighted by Gasteiger charge is -2.37. The number of nitrogens with zero attached hydrogens (tertiary/aromatic N) is 1. The molecular weight excluding hydrogens is 318 g/mol. The lowest BCUT2D eigenvalue weighted by molar-refractivity contribution is 0.307. The summed E-state index contributed by atoms with van der Waals surface area (Å²) in [5, 5.41) is 9.90. The zero-order valence-corrected chi connectivity index (χ0v) is 16.1. The first-order valence-electron chi connectivity index (χ1n) is 10.3. The minimum absolute atomic E-state index is 0.394. The zero-order valence-electron chi connectivity index (χ0n) is 16.1. The van der Waals surface area contributed by atoms with E-state index in [1.54, 1.807) is 0 Å². The minimum atomic E-state index is 0.394. The van der Waals surface area contributed by atoms with E-state index >= 15 is 0 Å². The van der Waals surface area contributed by atoms with E-state index in [0.29, 0.717) is 23.5 Å². The van der Waals surface area contributed by atoms with E-state index in [1.165, 1.54) is 61.2 Å². The van der Waals surface area contributed by atoms with E-state index in [4.69, 9.17) is 0 Å². The smallest absolute Gasteiger partial charge is 0.115 e. The lowest BCUT2D eigenvalue weighted by atomic mass is 9.68. The van der Waals surface area contributed by atoms with Crippen LogP contribution in [-0.4, -0.2) is 18.2 Å². The van der Waals surface area contributed by atoms with Crippen LogP contribution in [0.5, 0.6) is 5.75 Å². The van der Waals surface area contributed by atoms with Crippen LogP contribution in [0.1, 0.15) is 62.1 Å². The van der Waals surface area contributed by atoms with Crippen molar-refractivity contribution < 1.29 is 5.11 Å². The fourth-order valence-corrected chi connectivity index (χ4v) is 5.02. The Labute approximate surface area is 157 Å². The van der Waals surface area contributed by atoms with Gasteiger partial charge in [-0.05, 0) is 84.9 Å². The molecule has 1 aliphatic carbocycles. The summed E-state index contributed by atoms with van der Waals surface area (Å²) in [7, 11) is 0. The third kappa shape index (κ3) is 3.34. The molecule has 2 aromatic carbocycles. The molecule has 1 fully saturated rings. The summed E-state index contributed by atoms with van der Waals surface area (Å²) in [6, 6.07) is 15.3. The van der Waals surface area contributed by atoms with Crippen molar-refractivity contribution >= 4 is 5.69 Å². The number of aryl methyl sites for hydroxylation is 1. The van der Waals surface area contributed by atoms with Crippen LogP contribution in [0.25, 0.3) is 0 Å². The summed E-state index contributed by atoms with van der Waals surface area (Å²) in [4.78, 5) is 2.53. The number of phenolic OH excluding ortho intramolecular Hbond substituents is 1. The summed E-state index contributed by atoms with van der Waals surface area (Å²) in [6.45, 7) is 7.09. The van der Waals surface area contributed by atoms with Gasteiger partial charge in [0.05, 0.1) is 0 Å². The Bertz CT molecular complexity index is 743. The average molecular weight is 350 g/mol.